The minimum atomic E-state index is -0.332. The molecule has 0 rings (SSSR count). The highest BCUT2D eigenvalue weighted by Crippen LogP contribution is 2.04. The number of nitrogens with two attached hydrogens (primary N) is 1. The lowest BCUT2D eigenvalue weighted by Gasteiger charge is -2.27. The van der Waals surface area contributed by atoms with Crippen LogP contribution in [0.2, 0.25) is 0 Å². The Kier molecular flexibility index (Phi) is 4.87. The van der Waals surface area contributed by atoms with Gasteiger partial charge in [-0.05, 0) is 20.9 Å². The molecule has 0 aliphatic heterocycles. The number of methoxy groups -OCH3 is 1. The molecule has 0 spiro atoms. The van der Waals surface area contributed by atoms with Gasteiger partial charge in [0.2, 0.25) is 0 Å². The first-order valence-corrected chi connectivity index (χ1v) is 4.41. The third kappa shape index (κ3) is 3.28. The fourth-order valence-electron chi connectivity index (χ4n) is 0.873. The van der Waals surface area contributed by atoms with Crippen LogP contribution in [0.1, 0.15) is 13.8 Å². The number of rotatable bonds is 4. The quantitative estimate of drug-likeness (QED) is 0.522. The molecule has 0 aliphatic rings. The van der Waals surface area contributed by atoms with Gasteiger partial charge in [-0.1, -0.05) is 12.2 Å². The topological polar surface area (TPSA) is 55.6 Å². The zero-order valence-electron chi connectivity index (χ0n) is 8.40. The Morgan fingerprint density at radius 1 is 1.46 bits per heavy atom. The van der Waals surface area contributed by atoms with Gasteiger partial charge in [0.1, 0.15) is 6.04 Å². The van der Waals surface area contributed by atoms with Crippen LogP contribution in [0, 0.1) is 0 Å². The molecule has 0 fully saturated rings. The van der Waals surface area contributed by atoms with Gasteiger partial charge >= 0.3 is 5.97 Å². The molecule has 0 heterocycles. The number of carbonyl (C=O) groups excluding carboxylic acids is 1. The number of ether oxygens (including phenoxy) is 1. The first kappa shape index (κ1) is 12.3. The van der Waals surface area contributed by atoms with Gasteiger partial charge in [0, 0.05) is 0 Å². The average Bonchev–Trinajstić information content (AvgIpc) is 2.12. The zero-order chi connectivity index (χ0) is 10.6. The number of nitrogens with zero attached hydrogens (tertiary/aromatic N) is 1. The maximum atomic E-state index is 11.1. The van der Waals surface area contributed by atoms with Crippen LogP contribution < -0.4 is 5.73 Å². The molecule has 0 saturated carbocycles. The standard InChI is InChI=1S/C8H16N2O2S/c1-5(7(9)13)10(3)6(2)8(11)12-4/h5-6H,1-4H3,(H2,9,13). The molecule has 5 heteroatoms. The van der Waals surface area contributed by atoms with Crippen LogP contribution in [-0.4, -0.2) is 42.1 Å². The normalized spacial score (nSPS) is 15.2. The molecule has 0 radical (unpaired) electrons. The summed E-state index contributed by atoms with van der Waals surface area (Å²) in [4.78, 5) is 13.3. The van der Waals surface area contributed by atoms with Gasteiger partial charge in [-0.15, -0.1) is 0 Å². The van der Waals surface area contributed by atoms with E-state index in [0.717, 1.165) is 0 Å². The van der Waals surface area contributed by atoms with E-state index < -0.39 is 0 Å². The van der Waals surface area contributed by atoms with Crippen molar-refractivity contribution >= 4 is 23.2 Å². The van der Waals surface area contributed by atoms with E-state index in [1.807, 2.05) is 6.92 Å². The highest BCUT2D eigenvalue weighted by Gasteiger charge is 2.23. The predicted molar refractivity (Wildman–Crippen MR) is 55.5 cm³/mol. The van der Waals surface area contributed by atoms with Gasteiger partial charge < -0.3 is 10.5 Å². The van der Waals surface area contributed by atoms with Crippen LogP contribution in [0.15, 0.2) is 0 Å². The fourth-order valence-corrected chi connectivity index (χ4v) is 1.04. The molecule has 0 aromatic heterocycles. The number of hydrogen-bond acceptors (Lipinski definition) is 4. The van der Waals surface area contributed by atoms with Crippen molar-refractivity contribution in [3.8, 4) is 0 Å². The molecule has 4 nitrogen and oxygen atoms in total. The van der Waals surface area contributed by atoms with Crippen molar-refractivity contribution in [1.29, 1.82) is 0 Å². The molecule has 0 aromatic rings. The van der Waals surface area contributed by atoms with E-state index in [-0.39, 0.29) is 18.1 Å². The third-order valence-corrected chi connectivity index (χ3v) is 2.52. The Balaban J connectivity index is 4.32. The van der Waals surface area contributed by atoms with Gasteiger partial charge in [-0.2, -0.15) is 0 Å². The summed E-state index contributed by atoms with van der Waals surface area (Å²) in [7, 11) is 3.14. The number of thiocarbonyl (C=S) groups is 1. The summed E-state index contributed by atoms with van der Waals surface area (Å²) >= 11 is 4.82. The second-order valence-electron chi connectivity index (χ2n) is 2.94. The van der Waals surface area contributed by atoms with Gasteiger partial charge in [0.25, 0.3) is 0 Å². The van der Waals surface area contributed by atoms with Crippen molar-refractivity contribution in [2.45, 2.75) is 25.9 Å². The van der Waals surface area contributed by atoms with Gasteiger partial charge in [0.05, 0.1) is 18.1 Å². The molecule has 2 atom stereocenters. The van der Waals surface area contributed by atoms with Gasteiger partial charge in [-0.25, -0.2) is 0 Å². The van der Waals surface area contributed by atoms with E-state index in [1.165, 1.54) is 7.11 Å². The van der Waals surface area contributed by atoms with Crippen molar-refractivity contribution in [2.75, 3.05) is 14.2 Å². The Labute approximate surface area is 84.0 Å². The first-order valence-electron chi connectivity index (χ1n) is 4.00. The molecule has 0 aromatic carbocycles. The number of likely N-dealkylation sites (N-methyl/N-ethyl adjacent to an activating group) is 1. The summed E-state index contributed by atoms with van der Waals surface area (Å²) in [5.41, 5.74) is 5.45. The van der Waals surface area contributed by atoms with Crippen molar-refractivity contribution in [3.05, 3.63) is 0 Å². The predicted octanol–water partition coefficient (Wildman–Crippen LogP) is 0.154. The molecule has 0 bridgehead atoms. The maximum absolute atomic E-state index is 11.1. The van der Waals surface area contributed by atoms with Crippen molar-refractivity contribution in [3.63, 3.8) is 0 Å². The number of hydrogen-bond donors (Lipinski definition) is 1. The molecular weight excluding hydrogens is 188 g/mol. The molecule has 76 valence electrons. The van der Waals surface area contributed by atoms with Crippen LogP contribution in [0.3, 0.4) is 0 Å². The second kappa shape index (κ2) is 5.14. The van der Waals surface area contributed by atoms with Gasteiger partial charge in [0.15, 0.2) is 0 Å². The van der Waals surface area contributed by atoms with Crippen molar-refractivity contribution < 1.29 is 9.53 Å². The first-order chi connectivity index (χ1) is 5.91. The summed E-state index contributed by atoms with van der Waals surface area (Å²) in [6.07, 6.45) is 0. The van der Waals surface area contributed by atoms with E-state index in [0.29, 0.717) is 4.99 Å². The smallest absolute Gasteiger partial charge is 0.322 e. The monoisotopic (exact) mass is 204 g/mol. The molecule has 0 aliphatic carbocycles. The van der Waals surface area contributed by atoms with Crippen LogP contribution in [0.5, 0.6) is 0 Å². The summed E-state index contributed by atoms with van der Waals surface area (Å²) in [6, 6.07) is -0.439. The maximum Gasteiger partial charge on any atom is 0.322 e. The third-order valence-electron chi connectivity index (χ3n) is 2.18. The summed E-state index contributed by atoms with van der Waals surface area (Å²) in [5.74, 6) is -0.286. The second-order valence-corrected chi connectivity index (χ2v) is 3.41. The Hall–Kier alpha value is -0.680. The molecule has 0 amide bonds. The number of carbonyl (C=O) groups is 1. The summed E-state index contributed by atoms with van der Waals surface area (Å²) in [5, 5.41) is 0. The minimum Gasteiger partial charge on any atom is -0.468 e. The molecule has 2 unspecified atom stereocenters. The van der Waals surface area contributed by atoms with Crippen LogP contribution in [-0.2, 0) is 9.53 Å². The van der Waals surface area contributed by atoms with E-state index in [2.05, 4.69) is 4.74 Å². The lowest BCUT2D eigenvalue weighted by atomic mass is 10.2. The van der Waals surface area contributed by atoms with Crippen molar-refractivity contribution in [2.24, 2.45) is 5.73 Å². The zero-order valence-corrected chi connectivity index (χ0v) is 9.22. The number of esters is 1. The van der Waals surface area contributed by atoms with Crippen LogP contribution in [0.25, 0.3) is 0 Å². The molecular formula is C8H16N2O2S. The Bertz CT molecular complexity index is 208. The van der Waals surface area contributed by atoms with E-state index >= 15 is 0 Å². The lowest BCUT2D eigenvalue weighted by Crippen LogP contribution is -2.47. The molecule has 13 heavy (non-hydrogen) atoms. The Morgan fingerprint density at radius 2 is 1.92 bits per heavy atom. The van der Waals surface area contributed by atoms with Gasteiger partial charge in [-0.3, -0.25) is 9.69 Å². The Morgan fingerprint density at radius 3 is 2.23 bits per heavy atom. The van der Waals surface area contributed by atoms with E-state index in [4.69, 9.17) is 18.0 Å². The molecule has 2 N–H and O–H groups in total. The highest BCUT2D eigenvalue weighted by atomic mass is 32.1. The lowest BCUT2D eigenvalue weighted by molar-refractivity contribution is -0.146. The average molecular weight is 204 g/mol. The largest absolute Gasteiger partial charge is 0.468 e. The van der Waals surface area contributed by atoms with Crippen LogP contribution >= 0.6 is 12.2 Å². The van der Waals surface area contributed by atoms with Crippen molar-refractivity contribution in [1.82, 2.24) is 4.90 Å². The van der Waals surface area contributed by atoms with Crippen LogP contribution in [0.4, 0.5) is 0 Å². The van der Waals surface area contributed by atoms with E-state index in [9.17, 15) is 4.79 Å². The molecule has 0 saturated heterocycles. The SMILES string of the molecule is COC(=O)C(C)N(C)C(C)C(N)=S. The highest BCUT2D eigenvalue weighted by molar-refractivity contribution is 7.80. The van der Waals surface area contributed by atoms with E-state index in [1.54, 1.807) is 18.9 Å². The minimum absolute atomic E-state index is 0.107. The summed E-state index contributed by atoms with van der Waals surface area (Å²) < 4.78 is 4.60. The summed E-state index contributed by atoms with van der Waals surface area (Å²) in [6.45, 7) is 3.60. The fraction of sp³-hybridized carbons (Fsp3) is 0.750.